The van der Waals surface area contributed by atoms with Gasteiger partial charge in [0.1, 0.15) is 5.82 Å². The highest BCUT2D eigenvalue weighted by Gasteiger charge is 2.09. The van der Waals surface area contributed by atoms with Gasteiger partial charge in [-0.2, -0.15) is 0 Å². The number of hydrogen-bond donors (Lipinski definition) is 2. The minimum atomic E-state index is -0.246. The van der Waals surface area contributed by atoms with E-state index in [1.807, 2.05) is 6.07 Å². The molecule has 2 nitrogen and oxygen atoms in total. The van der Waals surface area contributed by atoms with Crippen LogP contribution in [-0.2, 0) is 0 Å². The maximum atomic E-state index is 13.0. The number of halogens is 1. The van der Waals surface area contributed by atoms with Crippen LogP contribution in [0.15, 0.2) is 24.3 Å². The van der Waals surface area contributed by atoms with Crippen molar-refractivity contribution in [3.8, 4) is 12.3 Å². The third-order valence-corrected chi connectivity index (χ3v) is 2.27. The van der Waals surface area contributed by atoms with Crippen molar-refractivity contribution in [2.24, 2.45) is 5.84 Å². The first-order valence-corrected chi connectivity index (χ1v) is 4.93. The summed E-state index contributed by atoms with van der Waals surface area (Å²) in [6.07, 6.45) is 7.56. The third kappa shape index (κ3) is 3.70. The van der Waals surface area contributed by atoms with Crippen LogP contribution in [0.5, 0.6) is 0 Å². The number of hydrogen-bond acceptors (Lipinski definition) is 2. The maximum absolute atomic E-state index is 13.0. The summed E-state index contributed by atoms with van der Waals surface area (Å²) < 4.78 is 13.0. The molecule has 0 heterocycles. The number of benzene rings is 1. The van der Waals surface area contributed by atoms with E-state index in [0.29, 0.717) is 6.42 Å². The average molecular weight is 206 g/mol. The monoisotopic (exact) mass is 206 g/mol. The van der Waals surface area contributed by atoms with Gasteiger partial charge in [-0.05, 0) is 30.5 Å². The zero-order valence-electron chi connectivity index (χ0n) is 8.54. The second kappa shape index (κ2) is 6.18. The fourth-order valence-electron chi connectivity index (χ4n) is 1.48. The van der Waals surface area contributed by atoms with Crippen LogP contribution in [0.3, 0.4) is 0 Å². The number of hydrazine groups is 1. The van der Waals surface area contributed by atoms with Crippen molar-refractivity contribution < 1.29 is 4.39 Å². The van der Waals surface area contributed by atoms with Gasteiger partial charge in [0, 0.05) is 12.5 Å². The van der Waals surface area contributed by atoms with Crippen molar-refractivity contribution in [3.63, 3.8) is 0 Å². The Kier molecular flexibility index (Phi) is 4.82. The standard InChI is InChI=1S/C12H15FN2/c1-2-3-4-8-12(15-14)10-6-5-7-11(13)9-10/h1,5-7,9,12,15H,3-4,8,14H2. The molecule has 1 aromatic carbocycles. The van der Waals surface area contributed by atoms with Crippen molar-refractivity contribution in [2.75, 3.05) is 0 Å². The van der Waals surface area contributed by atoms with Crippen LogP contribution in [0.1, 0.15) is 30.9 Å². The number of nitrogens with two attached hydrogens (primary N) is 1. The van der Waals surface area contributed by atoms with E-state index in [-0.39, 0.29) is 11.9 Å². The van der Waals surface area contributed by atoms with Crippen LogP contribution in [0.25, 0.3) is 0 Å². The average Bonchev–Trinajstić information content (AvgIpc) is 2.24. The molecule has 0 amide bonds. The predicted octanol–water partition coefficient (Wildman–Crippen LogP) is 2.13. The fourth-order valence-corrected chi connectivity index (χ4v) is 1.48. The van der Waals surface area contributed by atoms with Gasteiger partial charge in [0.25, 0.3) is 0 Å². The summed E-state index contributed by atoms with van der Waals surface area (Å²) >= 11 is 0. The molecule has 0 aliphatic rings. The topological polar surface area (TPSA) is 38.0 Å². The first-order valence-electron chi connectivity index (χ1n) is 4.93. The molecule has 0 saturated carbocycles. The summed E-state index contributed by atoms with van der Waals surface area (Å²) in [5, 5.41) is 0. The third-order valence-electron chi connectivity index (χ3n) is 2.27. The Morgan fingerprint density at radius 2 is 2.33 bits per heavy atom. The van der Waals surface area contributed by atoms with Crippen LogP contribution in [0.4, 0.5) is 4.39 Å². The van der Waals surface area contributed by atoms with Crippen LogP contribution in [0.2, 0.25) is 0 Å². The lowest BCUT2D eigenvalue weighted by molar-refractivity contribution is 0.498. The van der Waals surface area contributed by atoms with Crippen LogP contribution < -0.4 is 11.3 Å². The minimum Gasteiger partial charge on any atom is -0.271 e. The Bertz CT molecular complexity index is 344. The van der Waals surface area contributed by atoms with Gasteiger partial charge in [0.05, 0.1) is 0 Å². The number of terminal acetylenes is 1. The van der Waals surface area contributed by atoms with Gasteiger partial charge < -0.3 is 0 Å². The van der Waals surface area contributed by atoms with E-state index in [0.717, 1.165) is 18.4 Å². The van der Waals surface area contributed by atoms with Crippen molar-refractivity contribution in [2.45, 2.75) is 25.3 Å². The van der Waals surface area contributed by atoms with Crippen LogP contribution in [-0.4, -0.2) is 0 Å². The molecule has 1 unspecified atom stereocenters. The molecule has 1 rings (SSSR count). The summed E-state index contributed by atoms with van der Waals surface area (Å²) in [5.74, 6) is 7.73. The summed E-state index contributed by atoms with van der Waals surface area (Å²) in [5.41, 5.74) is 3.53. The summed E-state index contributed by atoms with van der Waals surface area (Å²) in [7, 11) is 0. The Morgan fingerprint density at radius 1 is 1.53 bits per heavy atom. The van der Waals surface area contributed by atoms with Crippen molar-refractivity contribution in [3.05, 3.63) is 35.6 Å². The van der Waals surface area contributed by atoms with E-state index < -0.39 is 0 Å². The van der Waals surface area contributed by atoms with Crippen LogP contribution >= 0.6 is 0 Å². The Morgan fingerprint density at radius 3 is 2.93 bits per heavy atom. The largest absolute Gasteiger partial charge is 0.271 e. The molecule has 3 N–H and O–H groups in total. The van der Waals surface area contributed by atoms with E-state index in [1.165, 1.54) is 12.1 Å². The molecule has 15 heavy (non-hydrogen) atoms. The summed E-state index contributed by atoms with van der Waals surface area (Å²) in [4.78, 5) is 0. The lowest BCUT2D eigenvalue weighted by Gasteiger charge is -2.15. The Balaban J connectivity index is 2.62. The van der Waals surface area contributed by atoms with Crippen molar-refractivity contribution in [1.29, 1.82) is 0 Å². The first-order chi connectivity index (χ1) is 7.27. The predicted molar refractivity (Wildman–Crippen MR) is 59.1 cm³/mol. The highest BCUT2D eigenvalue weighted by atomic mass is 19.1. The molecule has 0 spiro atoms. The smallest absolute Gasteiger partial charge is 0.123 e. The molecule has 80 valence electrons. The van der Waals surface area contributed by atoms with Crippen LogP contribution in [0, 0.1) is 18.2 Å². The molecule has 1 atom stereocenters. The summed E-state index contributed by atoms with van der Waals surface area (Å²) in [6.45, 7) is 0. The Labute approximate surface area is 89.6 Å². The quantitative estimate of drug-likeness (QED) is 0.335. The number of nitrogens with one attached hydrogen (secondary N) is 1. The van der Waals surface area contributed by atoms with Gasteiger partial charge in [0.2, 0.25) is 0 Å². The second-order valence-corrected chi connectivity index (χ2v) is 3.37. The van der Waals surface area contributed by atoms with Gasteiger partial charge in [-0.15, -0.1) is 12.3 Å². The van der Waals surface area contributed by atoms with Gasteiger partial charge in [0.15, 0.2) is 0 Å². The first kappa shape index (κ1) is 11.7. The van der Waals surface area contributed by atoms with E-state index in [1.54, 1.807) is 6.07 Å². The highest BCUT2D eigenvalue weighted by molar-refractivity contribution is 5.19. The lowest BCUT2D eigenvalue weighted by atomic mass is 10.0. The number of unbranched alkanes of at least 4 members (excludes halogenated alkanes) is 1. The molecule has 3 heteroatoms. The Hall–Kier alpha value is -1.37. The minimum absolute atomic E-state index is 0.0333. The molecule has 0 bridgehead atoms. The van der Waals surface area contributed by atoms with Gasteiger partial charge in [-0.3, -0.25) is 11.3 Å². The zero-order valence-corrected chi connectivity index (χ0v) is 8.54. The van der Waals surface area contributed by atoms with Crippen molar-refractivity contribution in [1.82, 2.24) is 5.43 Å². The number of rotatable bonds is 5. The highest BCUT2D eigenvalue weighted by Crippen LogP contribution is 2.18. The molecular weight excluding hydrogens is 191 g/mol. The van der Waals surface area contributed by atoms with E-state index in [9.17, 15) is 4.39 Å². The van der Waals surface area contributed by atoms with Gasteiger partial charge >= 0.3 is 0 Å². The van der Waals surface area contributed by atoms with Gasteiger partial charge in [-0.1, -0.05) is 12.1 Å². The van der Waals surface area contributed by atoms with E-state index in [4.69, 9.17) is 12.3 Å². The second-order valence-electron chi connectivity index (χ2n) is 3.37. The van der Waals surface area contributed by atoms with E-state index >= 15 is 0 Å². The maximum Gasteiger partial charge on any atom is 0.123 e. The normalized spacial score (nSPS) is 12.1. The lowest BCUT2D eigenvalue weighted by Crippen LogP contribution is -2.28. The molecular formula is C12H15FN2. The fraction of sp³-hybridized carbons (Fsp3) is 0.333. The van der Waals surface area contributed by atoms with Crippen molar-refractivity contribution >= 4 is 0 Å². The molecule has 0 aliphatic heterocycles. The summed E-state index contributed by atoms with van der Waals surface area (Å²) in [6, 6.07) is 6.40. The molecule has 0 fully saturated rings. The SMILES string of the molecule is C#CCCCC(NN)c1cccc(F)c1. The van der Waals surface area contributed by atoms with Gasteiger partial charge in [-0.25, -0.2) is 4.39 Å². The molecule has 1 aromatic rings. The molecule has 0 saturated heterocycles. The van der Waals surface area contributed by atoms with E-state index in [2.05, 4.69) is 11.3 Å². The zero-order chi connectivity index (χ0) is 11.1. The molecule has 0 aliphatic carbocycles. The molecule has 0 aromatic heterocycles. The molecule has 0 radical (unpaired) electrons.